The molecule has 0 amide bonds. The van der Waals surface area contributed by atoms with Crippen LogP contribution in [0.15, 0.2) is 23.2 Å². The van der Waals surface area contributed by atoms with Gasteiger partial charge in [-0.2, -0.15) is 0 Å². The van der Waals surface area contributed by atoms with Crippen molar-refractivity contribution in [3.8, 4) is 11.5 Å². The van der Waals surface area contributed by atoms with Gasteiger partial charge in [-0.1, -0.05) is 6.07 Å². The molecule has 2 rings (SSSR count). The van der Waals surface area contributed by atoms with Crippen LogP contribution in [0.5, 0.6) is 11.5 Å². The van der Waals surface area contributed by atoms with Crippen LogP contribution in [-0.4, -0.2) is 31.1 Å². The number of nitrogens with one attached hydrogen (secondary N) is 1. The average molecular weight is 192 g/mol. The van der Waals surface area contributed by atoms with Crippen molar-refractivity contribution in [1.29, 1.82) is 0 Å². The monoisotopic (exact) mass is 192 g/mol. The normalized spacial score (nSPS) is 14.8. The van der Waals surface area contributed by atoms with Gasteiger partial charge in [0, 0.05) is 6.54 Å². The van der Waals surface area contributed by atoms with E-state index in [2.05, 4.69) is 10.3 Å². The number of aromatic hydroxyl groups is 1. The van der Waals surface area contributed by atoms with Crippen molar-refractivity contribution in [2.45, 2.75) is 0 Å². The van der Waals surface area contributed by atoms with Gasteiger partial charge in [0.2, 0.25) is 0 Å². The molecule has 1 aliphatic heterocycles. The van der Waals surface area contributed by atoms with Gasteiger partial charge in [0.15, 0.2) is 11.5 Å². The van der Waals surface area contributed by atoms with E-state index in [9.17, 15) is 5.11 Å². The molecule has 0 unspecified atom stereocenters. The number of aliphatic imine (C=N–C) groups is 1. The van der Waals surface area contributed by atoms with Gasteiger partial charge in [-0.15, -0.1) is 0 Å². The number of hydrogen-bond acceptors (Lipinski definition) is 4. The number of hydrogen-bond donors (Lipinski definition) is 2. The first kappa shape index (κ1) is 8.87. The van der Waals surface area contributed by atoms with Crippen LogP contribution in [0.25, 0.3) is 0 Å². The van der Waals surface area contributed by atoms with Gasteiger partial charge in [0.1, 0.15) is 5.84 Å². The molecule has 0 fully saturated rings. The van der Waals surface area contributed by atoms with Gasteiger partial charge in [0.25, 0.3) is 0 Å². The standard InChI is InChI=1S/C10H12N2O2/c1-14-8-4-2-3-7(9(8)13)10-11-5-6-12-10/h2-4,13H,5-6H2,1H3,(H,11,12). The summed E-state index contributed by atoms with van der Waals surface area (Å²) in [4.78, 5) is 4.23. The molecule has 1 aromatic rings. The lowest BCUT2D eigenvalue weighted by Crippen LogP contribution is -2.19. The number of rotatable bonds is 2. The maximum absolute atomic E-state index is 9.80. The number of ether oxygens (including phenoxy) is 1. The summed E-state index contributed by atoms with van der Waals surface area (Å²) in [5.74, 6) is 1.35. The van der Waals surface area contributed by atoms with Crippen LogP contribution in [-0.2, 0) is 0 Å². The topological polar surface area (TPSA) is 53.8 Å². The number of methoxy groups -OCH3 is 1. The quantitative estimate of drug-likeness (QED) is 0.727. The van der Waals surface area contributed by atoms with Crippen LogP contribution in [0.4, 0.5) is 0 Å². The summed E-state index contributed by atoms with van der Waals surface area (Å²) in [5.41, 5.74) is 0.696. The Kier molecular flexibility index (Phi) is 2.26. The summed E-state index contributed by atoms with van der Waals surface area (Å²) >= 11 is 0. The Balaban J connectivity index is 2.42. The Morgan fingerprint density at radius 1 is 1.50 bits per heavy atom. The highest BCUT2D eigenvalue weighted by Gasteiger charge is 2.14. The van der Waals surface area contributed by atoms with Gasteiger partial charge in [-0.3, -0.25) is 4.99 Å². The van der Waals surface area contributed by atoms with Crippen molar-refractivity contribution < 1.29 is 9.84 Å². The fraction of sp³-hybridized carbons (Fsp3) is 0.300. The van der Waals surface area contributed by atoms with Gasteiger partial charge < -0.3 is 15.2 Å². The smallest absolute Gasteiger partial charge is 0.168 e. The van der Waals surface area contributed by atoms with Crippen LogP contribution < -0.4 is 10.1 Å². The zero-order valence-electron chi connectivity index (χ0n) is 7.95. The maximum Gasteiger partial charge on any atom is 0.168 e. The minimum Gasteiger partial charge on any atom is -0.504 e. The summed E-state index contributed by atoms with van der Waals surface area (Å²) in [6, 6.07) is 5.36. The second kappa shape index (κ2) is 3.57. The summed E-state index contributed by atoms with van der Waals surface area (Å²) in [6.45, 7) is 1.58. The van der Waals surface area contributed by atoms with E-state index in [1.807, 2.05) is 12.1 Å². The molecule has 0 atom stereocenters. The molecule has 0 aromatic heterocycles. The first-order valence-corrected chi connectivity index (χ1v) is 4.47. The van der Waals surface area contributed by atoms with Crippen LogP contribution in [0.3, 0.4) is 0 Å². The molecular weight excluding hydrogens is 180 g/mol. The van der Waals surface area contributed by atoms with Gasteiger partial charge in [-0.25, -0.2) is 0 Å². The van der Waals surface area contributed by atoms with Crippen molar-refractivity contribution in [2.24, 2.45) is 4.99 Å². The first-order valence-electron chi connectivity index (χ1n) is 4.47. The molecule has 0 radical (unpaired) electrons. The third-order valence-electron chi connectivity index (χ3n) is 2.15. The van der Waals surface area contributed by atoms with Crippen molar-refractivity contribution in [3.05, 3.63) is 23.8 Å². The summed E-state index contributed by atoms with van der Waals surface area (Å²) in [7, 11) is 1.53. The summed E-state index contributed by atoms with van der Waals surface area (Å²) in [5, 5.41) is 12.9. The summed E-state index contributed by atoms with van der Waals surface area (Å²) < 4.78 is 5.01. The van der Waals surface area contributed by atoms with Crippen LogP contribution in [0, 0.1) is 0 Å². The fourth-order valence-electron chi connectivity index (χ4n) is 1.46. The lowest BCUT2D eigenvalue weighted by atomic mass is 10.1. The molecule has 0 saturated heterocycles. The molecule has 1 aromatic carbocycles. The van der Waals surface area contributed by atoms with Crippen molar-refractivity contribution in [3.63, 3.8) is 0 Å². The molecule has 14 heavy (non-hydrogen) atoms. The Bertz CT molecular complexity index is 374. The van der Waals surface area contributed by atoms with E-state index in [0.717, 1.165) is 18.9 Å². The second-order valence-corrected chi connectivity index (χ2v) is 3.01. The van der Waals surface area contributed by atoms with E-state index in [1.165, 1.54) is 7.11 Å². The molecule has 1 heterocycles. The molecule has 4 nitrogen and oxygen atoms in total. The predicted octanol–water partition coefficient (Wildman–Crippen LogP) is 0.751. The zero-order valence-corrected chi connectivity index (χ0v) is 7.95. The molecule has 0 aliphatic carbocycles. The van der Waals surface area contributed by atoms with Crippen molar-refractivity contribution in [1.82, 2.24) is 5.32 Å². The number of nitrogens with zero attached hydrogens (tertiary/aromatic N) is 1. The minimum absolute atomic E-state index is 0.142. The van der Waals surface area contributed by atoms with Gasteiger partial charge in [0.05, 0.1) is 19.2 Å². The number of phenols is 1. The molecule has 2 N–H and O–H groups in total. The highest BCUT2D eigenvalue weighted by Crippen LogP contribution is 2.29. The molecular formula is C10H12N2O2. The molecule has 1 aliphatic rings. The first-order chi connectivity index (χ1) is 6.83. The lowest BCUT2D eigenvalue weighted by molar-refractivity contribution is 0.373. The van der Waals surface area contributed by atoms with E-state index in [0.29, 0.717) is 11.3 Å². The summed E-state index contributed by atoms with van der Waals surface area (Å²) in [6.07, 6.45) is 0. The van der Waals surface area contributed by atoms with Crippen LogP contribution in [0.1, 0.15) is 5.56 Å². The van der Waals surface area contributed by atoms with E-state index in [-0.39, 0.29) is 5.75 Å². The number of phenolic OH excluding ortho intramolecular Hbond substituents is 1. The lowest BCUT2D eigenvalue weighted by Gasteiger charge is -2.08. The van der Waals surface area contributed by atoms with Gasteiger partial charge in [-0.05, 0) is 12.1 Å². The maximum atomic E-state index is 9.80. The zero-order chi connectivity index (χ0) is 9.97. The number of benzene rings is 1. The second-order valence-electron chi connectivity index (χ2n) is 3.01. The Morgan fingerprint density at radius 2 is 2.36 bits per heavy atom. The Hall–Kier alpha value is -1.71. The van der Waals surface area contributed by atoms with Crippen LogP contribution in [0.2, 0.25) is 0 Å². The van der Waals surface area contributed by atoms with Crippen molar-refractivity contribution >= 4 is 5.84 Å². The molecule has 0 bridgehead atoms. The molecule has 0 spiro atoms. The van der Waals surface area contributed by atoms with Crippen molar-refractivity contribution in [2.75, 3.05) is 20.2 Å². The van der Waals surface area contributed by atoms with Gasteiger partial charge >= 0.3 is 0 Å². The number of para-hydroxylation sites is 1. The highest BCUT2D eigenvalue weighted by molar-refractivity contribution is 6.02. The van der Waals surface area contributed by atoms with E-state index in [1.54, 1.807) is 6.07 Å². The average Bonchev–Trinajstić information content (AvgIpc) is 2.71. The largest absolute Gasteiger partial charge is 0.504 e. The third kappa shape index (κ3) is 1.39. The third-order valence-corrected chi connectivity index (χ3v) is 2.15. The molecule has 74 valence electrons. The van der Waals surface area contributed by atoms with Crippen LogP contribution >= 0.6 is 0 Å². The van der Waals surface area contributed by atoms with E-state index in [4.69, 9.17) is 4.74 Å². The Labute approximate surface area is 82.2 Å². The number of amidine groups is 1. The highest BCUT2D eigenvalue weighted by atomic mass is 16.5. The fourth-order valence-corrected chi connectivity index (χ4v) is 1.46. The SMILES string of the molecule is COc1cccc(C2=NCCN2)c1O. The predicted molar refractivity (Wildman–Crippen MR) is 54.1 cm³/mol. The minimum atomic E-state index is 0.142. The Morgan fingerprint density at radius 3 is 3.00 bits per heavy atom. The van der Waals surface area contributed by atoms with E-state index < -0.39 is 0 Å². The molecule has 0 saturated carbocycles. The molecule has 4 heteroatoms. The van der Waals surface area contributed by atoms with E-state index >= 15 is 0 Å².